The van der Waals surface area contributed by atoms with Crippen molar-refractivity contribution in [1.82, 2.24) is 20.5 Å². The highest BCUT2D eigenvalue weighted by Gasteiger charge is 2.21. The smallest absolute Gasteiger partial charge is 0.407 e. The molecule has 0 unspecified atom stereocenters. The molecule has 156 valence electrons. The first-order valence-electron chi connectivity index (χ1n) is 9.57. The van der Waals surface area contributed by atoms with Gasteiger partial charge in [0.15, 0.2) is 12.4 Å². The van der Waals surface area contributed by atoms with Crippen LogP contribution in [-0.2, 0) is 16.1 Å². The Morgan fingerprint density at radius 3 is 2.69 bits per heavy atom. The van der Waals surface area contributed by atoms with Gasteiger partial charge in [0.25, 0.3) is 5.91 Å². The SMILES string of the molecule is CNC(=O)COC(=O)NCC1CCN(Cc2ncc(-c3ccc(Cl)cc3)o2)CC1. The molecule has 1 fully saturated rings. The molecule has 9 heteroatoms. The lowest BCUT2D eigenvalue weighted by Gasteiger charge is -2.31. The zero-order chi connectivity index (χ0) is 20.6. The predicted molar refractivity (Wildman–Crippen MR) is 108 cm³/mol. The van der Waals surface area contributed by atoms with Crippen LogP contribution in [-0.4, -0.2) is 55.2 Å². The summed E-state index contributed by atoms with van der Waals surface area (Å²) in [4.78, 5) is 29.3. The van der Waals surface area contributed by atoms with Gasteiger partial charge in [0, 0.05) is 24.2 Å². The fraction of sp³-hybridized carbons (Fsp3) is 0.450. The van der Waals surface area contributed by atoms with Crippen molar-refractivity contribution >= 4 is 23.6 Å². The first-order chi connectivity index (χ1) is 14.0. The molecule has 1 aliphatic rings. The van der Waals surface area contributed by atoms with Gasteiger partial charge in [0.05, 0.1) is 12.7 Å². The van der Waals surface area contributed by atoms with E-state index in [0.29, 0.717) is 29.9 Å². The van der Waals surface area contributed by atoms with Crippen molar-refractivity contribution in [2.45, 2.75) is 19.4 Å². The average Bonchev–Trinajstić information content (AvgIpc) is 3.20. The molecule has 8 nitrogen and oxygen atoms in total. The summed E-state index contributed by atoms with van der Waals surface area (Å²) in [6, 6.07) is 7.47. The Hall–Kier alpha value is -2.58. The Bertz CT molecular complexity index is 816. The maximum atomic E-state index is 11.6. The lowest BCUT2D eigenvalue weighted by atomic mass is 9.97. The Morgan fingerprint density at radius 2 is 2.00 bits per heavy atom. The van der Waals surface area contributed by atoms with Crippen molar-refractivity contribution in [2.75, 3.05) is 33.3 Å². The van der Waals surface area contributed by atoms with Gasteiger partial charge in [0.1, 0.15) is 0 Å². The van der Waals surface area contributed by atoms with Crippen LogP contribution >= 0.6 is 11.6 Å². The Kier molecular flexibility index (Phi) is 7.48. The number of alkyl carbamates (subject to hydrolysis) is 1. The number of oxazole rings is 1. The lowest BCUT2D eigenvalue weighted by Crippen LogP contribution is -2.39. The summed E-state index contributed by atoms with van der Waals surface area (Å²) in [7, 11) is 1.49. The molecule has 0 aliphatic carbocycles. The van der Waals surface area contributed by atoms with E-state index in [1.807, 2.05) is 24.3 Å². The third kappa shape index (κ3) is 6.47. The van der Waals surface area contributed by atoms with Crippen molar-refractivity contribution in [2.24, 2.45) is 5.92 Å². The molecule has 1 aromatic carbocycles. The number of hydrogen-bond donors (Lipinski definition) is 2. The topological polar surface area (TPSA) is 96.7 Å². The van der Waals surface area contributed by atoms with Crippen molar-refractivity contribution in [3.05, 3.63) is 41.4 Å². The van der Waals surface area contributed by atoms with Crippen LogP contribution in [0.5, 0.6) is 0 Å². The van der Waals surface area contributed by atoms with E-state index in [9.17, 15) is 9.59 Å². The number of likely N-dealkylation sites (tertiary alicyclic amines) is 1. The van der Waals surface area contributed by atoms with Crippen molar-refractivity contribution in [3.8, 4) is 11.3 Å². The number of benzene rings is 1. The summed E-state index contributed by atoms with van der Waals surface area (Å²) < 4.78 is 10.7. The first kappa shape index (κ1) is 21.1. The van der Waals surface area contributed by atoms with Crippen LogP contribution in [0.4, 0.5) is 4.79 Å². The van der Waals surface area contributed by atoms with Gasteiger partial charge >= 0.3 is 6.09 Å². The van der Waals surface area contributed by atoms with Gasteiger partial charge in [-0.1, -0.05) is 11.6 Å². The molecular formula is C20H25ClN4O4. The minimum Gasteiger partial charge on any atom is -0.439 e. The second-order valence-electron chi connectivity index (χ2n) is 6.97. The molecule has 2 heterocycles. The van der Waals surface area contributed by atoms with Crippen LogP contribution in [0.1, 0.15) is 18.7 Å². The van der Waals surface area contributed by atoms with Gasteiger partial charge in [-0.05, 0) is 56.1 Å². The molecule has 0 atom stereocenters. The molecule has 0 spiro atoms. The average molecular weight is 421 g/mol. The molecule has 1 aliphatic heterocycles. The number of nitrogens with one attached hydrogen (secondary N) is 2. The van der Waals surface area contributed by atoms with E-state index in [-0.39, 0.29) is 12.5 Å². The van der Waals surface area contributed by atoms with E-state index in [0.717, 1.165) is 37.3 Å². The van der Waals surface area contributed by atoms with Crippen LogP contribution in [0.15, 0.2) is 34.9 Å². The lowest BCUT2D eigenvalue weighted by molar-refractivity contribution is -0.123. The van der Waals surface area contributed by atoms with E-state index in [1.54, 1.807) is 6.20 Å². The quantitative estimate of drug-likeness (QED) is 0.714. The largest absolute Gasteiger partial charge is 0.439 e. The molecule has 0 bridgehead atoms. The van der Waals surface area contributed by atoms with E-state index in [1.165, 1.54) is 7.05 Å². The van der Waals surface area contributed by atoms with E-state index >= 15 is 0 Å². The second-order valence-corrected chi connectivity index (χ2v) is 7.41. The number of piperidine rings is 1. The summed E-state index contributed by atoms with van der Waals surface area (Å²) >= 11 is 5.92. The fourth-order valence-electron chi connectivity index (χ4n) is 3.15. The van der Waals surface area contributed by atoms with Crippen LogP contribution < -0.4 is 10.6 Å². The van der Waals surface area contributed by atoms with Gasteiger partial charge in [-0.15, -0.1) is 0 Å². The Balaban J connectivity index is 1.38. The summed E-state index contributed by atoms with van der Waals surface area (Å²) in [6.45, 7) is 2.73. The summed E-state index contributed by atoms with van der Waals surface area (Å²) in [5.41, 5.74) is 0.946. The van der Waals surface area contributed by atoms with Crippen LogP contribution in [0.2, 0.25) is 5.02 Å². The summed E-state index contributed by atoms with van der Waals surface area (Å²) in [5, 5.41) is 5.80. The molecule has 1 aromatic heterocycles. The number of nitrogens with zero attached hydrogens (tertiary/aromatic N) is 2. The maximum absolute atomic E-state index is 11.6. The minimum absolute atomic E-state index is 0.269. The van der Waals surface area contributed by atoms with Crippen LogP contribution in [0.25, 0.3) is 11.3 Å². The number of carbonyl (C=O) groups excluding carboxylic acids is 2. The number of rotatable bonds is 7. The number of amides is 2. The summed E-state index contributed by atoms with van der Waals surface area (Å²) in [5.74, 6) is 1.46. The summed E-state index contributed by atoms with van der Waals surface area (Å²) in [6.07, 6.45) is 3.09. The van der Waals surface area contributed by atoms with Gasteiger partial charge in [0.2, 0.25) is 5.89 Å². The number of carbonyl (C=O) groups is 2. The number of aromatic nitrogens is 1. The predicted octanol–water partition coefficient (Wildman–Crippen LogP) is 2.68. The number of halogens is 1. The van der Waals surface area contributed by atoms with Gasteiger partial charge in [-0.3, -0.25) is 9.69 Å². The third-order valence-corrected chi connectivity index (χ3v) is 5.15. The second kappa shape index (κ2) is 10.3. The molecule has 2 N–H and O–H groups in total. The van der Waals surface area contributed by atoms with Crippen molar-refractivity contribution in [3.63, 3.8) is 0 Å². The van der Waals surface area contributed by atoms with Crippen LogP contribution in [0.3, 0.4) is 0 Å². The van der Waals surface area contributed by atoms with Crippen molar-refractivity contribution < 1.29 is 18.7 Å². The molecule has 0 saturated carbocycles. The number of likely N-dealkylation sites (N-methyl/N-ethyl adjacent to an activating group) is 1. The van der Waals surface area contributed by atoms with Gasteiger partial charge in [-0.2, -0.15) is 0 Å². The highest BCUT2D eigenvalue weighted by Crippen LogP contribution is 2.24. The van der Waals surface area contributed by atoms with Crippen LogP contribution in [0, 0.1) is 5.92 Å². The van der Waals surface area contributed by atoms with Gasteiger partial charge in [-0.25, -0.2) is 9.78 Å². The minimum atomic E-state index is -0.564. The highest BCUT2D eigenvalue weighted by atomic mass is 35.5. The Morgan fingerprint density at radius 1 is 1.28 bits per heavy atom. The monoisotopic (exact) mass is 420 g/mol. The molecule has 2 aromatic rings. The maximum Gasteiger partial charge on any atom is 0.407 e. The van der Waals surface area contributed by atoms with Crippen molar-refractivity contribution in [1.29, 1.82) is 0 Å². The highest BCUT2D eigenvalue weighted by molar-refractivity contribution is 6.30. The first-order valence-corrected chi connectivity index (χ1v) is 9.95. The normalized spacial score (nSPS) is 15.1. The molecule has 2 amide bonds. The van der Waals surface area contributed by atoms with Gasteiger partial charge < -0.3 is 19.8 Å². The zero-order valence-corrected chi connectivity index (χ0v) is 17.1. The standard InChI is InChI=1S/C20H25ClN4O4/c1-22-18(26)13-28-20(27)24-10-14-6-8-25(9-7-14)12-19-23-11-17(29-19)15-2-4-16(21)5-3-15/h2-5,11,14H,6-10,12-13H2,1H3,(H,22,26)(H,24,27). The van der Waals surface area contributed by atoms with E-state index < -0.39 is 6.09 Å². The Labute approximate surface area is 174 Å². The zero-order valence-electron chi connectivity index (χ0n) is 16.3. The number of ether oxygens (including phenoxy) is 1. The molecule has 0 radical (unpaired) electrons. The number of hydrogen-bond acceptors (Lipinski definition) is 6. The molecule has 3 rings (SSSR count). The third-order valence-electron chi connectivity index (χ3n) is 4.90. The van der Waals surface area contributed by atoms with E-state index in [4.69, 9.17) is 20.8 Å². The molecule has 1 saturated heterocycles. The fourth-order valence-corrected chi connectivity index (χ4v) is 3.28. The molecular weight excluding hydrogens is 396 g/mol. The van der Waals surface area contributed by atoms with E-state index in [2.05, 4.69) is 20.5 Å². The molecule has 29 heavy (non-hydrogen) atoms.